The number of ether oxygens (including phenoxy) is 1. The van der Waals surface area contributed by atoms with Crippen LogP contribution in [0.5, 0.6) is 5.75 Å². The minimum Gasteiger partial charge on any atom is -0.496 e. The Morgan fingerprint density at radius 3 is 2.76 bits per heavy atom. The van der Waals surface area contributed by atoms with Gasteiger partial charge in [0.15, 0.2) is 5.82 Å². The number of methoxy groups -OCH3 is 1. The van der Waals surface area contributed by atoms with Gasteiger partial charge in [-0.05, 0) is 37.6 Å². The van der Waals surface area contributed by atoms with Crippen LogP contribution in [-0.4, -0.2) is 49.1 Å². The van der Waals surface area contributed by atoms with Crippen molar-refractivity contribution in [3.8, 4) is 28.6 Å². The predicted molar refractivity (Wildman–Crippen MR) is 119 cm³/mol. The van der Waals surface area contributed by atoms with Gasteiger partial charge in [0.1, 0.15) is 13.8 Å². The molecule has 0 bridgehead atoms. The normalized spacial score (nSPS) is 16.7. The van der Waals surface area contributed by atoms with Gasteiger partial charge in [-0.15, -0.1) is 15.7 Å². The summed E-state index contributed by atoms with van der Waals surface area (Å²) in [6.45, 7) is 8.45. The van der Waals surface area contributed by atoms with E-state index < -0.39 is 8.07 Å². The lowest BCUT2D eigenvalue weighted by Gasteiger charge is -2.24. The maximum atomic E-state index is 12.8. The first-order valence-corrected chi connectivity index (χ1v) is 13.4. The summed E-state index contributed by atoms with van der Waals surface area (Å²) in [4.78, 5) is 12.8. The molecule has 0 saturated carbocycles. The molecule has 0 amide bonds. The molecule has 2 N–H and O–H groups in total. The van der Waals surface area contributed by atoms with E-state index in [9.17, 15) is 4.79 Å². The summed E-state index contributed by atoms with van der Waals surface area (Å²) in [5.41, 5.74) is 4.74. The highest BCUT2D eigenvalue weighted by molar-refractivity contribution is 6.83. The number of aromatic nitrogens is 3. The van der Waals surface area contributed by atoms with E-state index in [0.717, 1.165) is 31.5 Å². The lowest BCUT2D eigenvalue weighted by molar-refractivity contribution is 0.415. The highest BCUT2D eigenvalue weighted by atomic mass is 28.3. The number of piperidine rings is 1. The van der Waals surface area contributed by atoms with Gasteiger partial charge in [-0.2, -0.15) is 0 Å². The van der Waals surface area contributed by atoms with Gasteiger partial charge in [0, 0.05) is 25.2 Å². The molecule has 1 fully saturated rings. The van der Waals surface area contributed by atoms with Crippen LogP contribution in [0.15, 0.2) is 23.0 Å². The van der Waals surface area contributed by atoms with Crippen LogP contribution in [0, 0.1) is 11.5 Å². The summed E-state index contributed by atoms with van der Waals surface area (Å²) in [6.07, 6.45) is 2.08. The van der Waals surface area contributed by atoms with E-state index in [0.29, 0.717) is 17.1 Å². The van der Waals surface area contributed by atoms with Gasteiger partial charge in [0.25, 0.3) is 5.56 Å². The van der Waals surface area contributed by atoms with Crippen LogP contribution in [0.3, 0.4) is 0 Å². The molecular weight excluding hydrogens is 382 g/mol. The summed E-state index contributed by atoms with van der Waals surface area (Å²) >= 11 is 0. The maximum absolute atomic E-state index is 12.8. The van der Waals surface area contributed by atoms with Crippen LogP contribution in [0.25, 0.3) is 11.4 Å². The van der Waals surface area contributed by atoms with E-state index in [4.69, 9.17) is 4.74 Å². The lowest BCUT2D eigenvalue weighted by Crippen LogP contribution is -2.40. The summed E-state index contributed by atoms with van der Waals surface area (Å²) in [5, 5.41) is 15.0. The Hall–Kier alpha value is -2.63. The van der Waals surface area contributed by atoms with Crippen molar-refractivity contribution >= 4 is 13.9 Å². The molecule has 154 valence electrons. The van der Waals surface area contributed by atoms with Crippen molar-refractivity contribution in [2.75, 3.05) is 25.5 Å². The zero-order valence-corrected chi connectivity index (χ0v) is 18.8. The van der Waals surface area contributed by atoms with E-state index in [1.54, 1.807) is 14.2 Å². The van der Waals surface area contributed by atoms with E-state index in [1.165, 1.54) is 4.57 Å². The predicted octanol–water partition coefficient (Wildman–Crippen LogP) is 2.24. The molecule has 3 rings (SSSR count). The summed E-state index contributed by atoms with van der Waals surface area (Å²) in [6, 6.07) is 5.88. The van der Waals surface area contributed by atoms with Crippen LogP contribution in [0.4, 0.5) is 5.82 Å². The standard InChI is InChI=1S/C21H29N5O2Si/c1-26-20(25-24-19(21(26)27)23-16-7-6-11-22-14-16)17-9-8-15(13-18(17)28-2)10-12-29(3,4)5/h8-9,13,16,22H,6-7,11,14H2,1-5H3,(H,23,24)/t16-/m1/s1. The smallest absolute Gasteiger partial charge is 0.296 e. The minimum absolute atomic E-state index is 0.190. The Morgan fingerprint density at radius 2 is 2.10 bits per heavy atom. The first kappa shape index (κ1) is 21.1. The highest BCUT2D eigenvalue weighted by Crippen LogP contribution is 2.28. The molecule has 0 spiro atoms. The maximum Gasteiger partial charge on any atom is 0.296 e. The number of anilines is 1. The first-order valence-electron chi connectivity index (χ1n) is 9.91. The Kier molecular flexibility index (Phi) is 6.40. The molecular formula is C21H29N5O2Si. The molecule has 1 aromatic carbocycles. The number of rotatable bonds is 4. The molecule has 1 aliphatic rings. The molecule has 0 unspecified atom stereocenters. The molecule has 1 aromatic heterocycles. The van der Waals surface area contributed by atoms with Gasteiger partial charge in [-0.3, -0.25) is 9.36 Å². The van der Waals surface area contributed by atoms with Crippen molar-refractivity contribution in [3.63, 3.8) is 0 Å². The Morgan fingerprint density at radius 1 is 1.31 bits per heavy atom. The van der Waals surface area contributed by atoms with Crippen LogP contribution in [0.1, 0.15) is 18.4 Å². The molecule has 0 radical (unpaired) electrons. The van der Waals surface area contributed by atoms with Crippen molar-refractivity contribution in [2.45, 2.75) is 38.5 Å². The second kappa shape index (κ2) is 8.80. The van der Waals surface area contributed by atoms with Gasteiger partial charge >= 0.3 is 0 Å². The molecule has 2 aromatic rings. The number of nitrogens with zero attached hydrogens (tertiary/aromatic N) is 3. The monoisotopic (exact) mass is 411 g/mol. The van der Waals surface area contributed by atoms with Crippen LogP contribution in [-0.2, 0) is 7.05 Å². The Labute approximate surface area is 172 Å². The largest absolute Gasteiger partial charge is 0.496 e. The summed E-state index contributed by atoms with van der Waals surface area (Å²) in [7, 11) is 1.84. The average Bonchev–Trinajstić information content (AvgIpc) is 2.70. The second-order valence-corrected chi connectivity index (χ2v) is 13.1. The SMILES string of the molecule is COc1cc(C#C[Si](C)(C)C)ccc1-c1nnc(N[C@@H]2CCCNC2)c(=O)n1C. The van der Waals surface area contributed by atoms with E-state index in [1.807, 2.05) is 18.2 Å². The topological polar surface area (TPSA) is 81.1 Å². The van der Waals surface area contributed by atoms with Crippen LogP contribution >= 0.6 is 0 Å². The van der Waals surface area contributed by atoms with Crippen molar-refractivity contribution in [3.05, 3.63) is 34.1 Å². The minimum atomic E-state index is -1.47. The third kappa shape index (κ3) is 5.25. The van der Waals surface area contributed by atoms with Crippen molar-refractivity contribution < 1.29 is 4.74 Å². The van der Waals surface area contributed by atoms with E-state index in [2.05, 4.69) is 51.9 Å². The molecule has 29 heavy (non-hydrogen) atoms. The van der Waals surface area contributed by atoms with Crippen molar-refractivity contribution in [1.82, 2.24) is 20.1 Å². The average molecular weight is 412 g/mol. The fourth-order valence-corrected chi connectivity index (χ4v) is 3.69. The fourth-order valence-electron chi connectivity index (χ4n) is 3.17. The number of nitrogens with one attached hydrogen (secondary N) is 2. The van der Waals surface area contributed by atoms with Gasteiger partial charge in [-0.1, -0.05) is 25.6 Å². The molecule has 2 heterocycles. The van der Waals surface area contributed by atoms with Gasteiger partial charge < -0.3 is 15.4 Å². The zero-order chi connectivity index (χ0) is 21.0. The first-order chi connectivity index (χ1) is 13.8. The molecule has 0 aliphatic carbocycles. The fraction of sp³-hybridized carbons (Fsp3) is 0.476. The summed E-state index contributed by atoms with van der Waals surface area (Å²) < 4.78 is 7.07. The number of benzene rings is 1. The van der Waals surface area contributed by atoms with Crippen LogP contribution < -0.4 is 20.9 Å². The Balaban J connectivity index is 1.92. The lowest BCUT2D eigenvalue weighted by atomic mass is 10.1. The molecule has 1 atom stereocenters. The zero-order valence-electron chi connectivity index (χ0n) is 17.8. The number of hydrogen-bond acceptors (Lipinski definition) is 6. The van der Waals surface area contributed by atoms with Crippen molar-refractivity contribution in [2.24, 2.45) is 7.05 Å². The molecule has 7 nitrogen and oxygen atoms in total. The quantitative estimate of drug-likeness (QED) is 0.593. The Bertz CT molecular complexity index is 995. The molecule has 8 heteroatoms. The van der Waals surface area contributed by atoms with Crippen molar-refractivity contribution in [1.29, 1.82) is 0 Å². The van der Waals surface area contributed by atoms with Gasteiger partial charge in [-0.25, -0.2) is 0 Å². The van der Waals surface area contributed by atoms with Gasteiger partial charge in [0.05, 0.1) is 12.7 Å². The third-order valence-electron chi connectivity index (χ3n) is 4.73. The highest BCUT2D eigenvalue weighted by Gasteiger charge is 2.19. The molecule has 1 saturated heterocycles. The van der Waals surface area contributed by atoms with Gasteiger partial charge in [0.2, 0.25) is 5.82 Å². The summed E-state index contributed by atoms with van der Waals surface area (Å²) in [5.74, 6) is 4.59. The molecule has 1 aliphatic heterocycles. The van der Waals surface area contributed by atoms with Crippen LogP contribution in [0.2, 0.25) is 19.6 Å². The number of hydrogen-bond donors (Lipinski definition) is 2. The van der Waals surface area contributed by atoms with E-state index >= 15 is 0 Å². The second-order valence-electron chi connectivity index (χ2n) is 8.34. The third-order valence-corrected chi connectivity index (χ3v) is 5.61. The van der Waals surface area contributed by atoms with E-state index in [-0.39, 0.29) is 17.4 Å².